The van der Waals surface area contributed by atoms with Gasteiger partial charge in [0.1, 0.15) is 0 Å². The average molecular weight is 625 g/mol. The number of nitrogens with one attached hydrogen (secondary N) is 1. The third-order valence-corrected chi connectivity index (χ3v) is 5.29. The lowest BCUT2D eigenvalue weighted by molar-refractivity contribution is -0.192. The number of nitrogen functional groups attached to an aromatic ring is 4. The second kappa shape index (κ2) is 13.0. The van der Waals surface area contributed by atoms with Crippen LogP contribution in [0.4, 0.5) is 36.4 Å². The molecule has 14 N–H and O–H groups in total. The molecule has 0 bridgehead atoms. The van der Waals surface area contributed by atoms with Gasteiger partial charge in [-0.25, -0.2) is 29.7 Å². The summed E-state index contributed by atoms with van der Waals surface area (Å²) in [6.45, 7) is 0.673. The van der Waals surface area contributed by atoms with Crippen LogP contribution in [0, 0.1) is 0 Å². The third kappa shape index (κ3) is 8.79. The zero-order chi connectivity index (χ0) is 31.2. The summed E-state index contributed by atoms with van der Waals surface area (Å²) in [5, 5.41) is 9.10. The molecule has 18 nitrogen and oxygen atoms in total. The minimum Gasteiger partial charge on any atom is -0.475 e. The number of anilines is 4. The molecule has 1 saturated heterocycles. The number of hydrogen-bond donors (Lipinski definition) is 8. The van der Waals surface area contributed by atoms with E-state index in [9.17, 15) is 22.8 Å². The second-order valence-corrected chi connectivity index (χ2v) is 8.42. The number of amides is 2. The Labute approximate surface area is 237 Å². The van der Waals surface area contributed by atoms with E-state index < -0.39 is 24.0 Å². The molecule has 41 heavy (non-hydrogen) atoms. The van der Waals surface area contributed by atoms with E-state index in [1.54, 1.807) is 4.90 Å². The summed E-state index contributed by atoms with van der Waals surface area (Å²) < 4.78 is 31.7. The molecule has 222 valence electrons. The monoisotopic (exact) mass is 624 g/mol. The zero-order valence-corrected chi connectivity index (χ0v) is 21.9. The van der Waals surface area contributed by atoms with Gasteiger partial charge in [-0.15, -0.1) is 0 Å². The third-order valence-electron chi connectivity index (χ3n) is 4.74. The summed E-state index contributed by atoms with van der Waals surface area (Å²) in [6.07, 6.45) is -4.58. The van der Waals surface area contributed by atoms with Crippen LogP contribution in [0.5, 0.6) is 0 Å². The summed E-state index contributed by atoms with van der Waals surface area (Å²) in [4.78, 5) is 58.2. The molecule has 0 saturated carbocycles. The lowest BCUT2D eigenvalue weighted by atomic mass is 10.3. The fourth-order valence-electron chi connectivity index (χ4n) is 2.90. The normalized spacial score (nSPS) is 15.6. The number of carbonyl (C=O) groups is 3. The highest BCUT2D eigenvalue weighted by Gasteiger charge is 2.38. The summed E-state index contributed by atoms with van der Waals surface area (Å²) >= 11 is 11.6. The maximum absolute atomic E-state index is 12.4. The smallest absolute Gasteiger partial charge is 0.475 e. The first-order valence-electron chi connectivity index (χ1n) is 10.7. The maximum Gasteiger partial charge on any atom is 0.490 e. The lowest BCUT2D eigenvalue weighted by Crippen LogP contribution is -2.40. The van der Waals surface area contributed by atoms with Crippen molar-refractivity contribution in [3.05, 3.63) is 21.7 Å². The highest BCUT2D eigenvalue weighted by molar-refractivity contribution is 6.32. The topological polar surface area (TPSA) is 319 Å². The summed E-state index contributed by atoms with van der Waals surface area (Å²) in [6, 6.07) is -0.363. The first-order valence-corrected chi connectivity index (χ1v) is 11.4. The van der Waals surface area contributed by atoms with Gasteiger partial charge in [-0.2, -0.15) is 18.2 Å². The van der Waals surface area contributed by atoms with Gasteiger partial charge in [0.15, 0.2) is 56.9 Å². The Bertz CT molecular complexity index is 1420. The molecule has 1 fully saturated rings. The van der Waals surface area contributed by atoms with Gasteiger partial charge in [-0.05, 0) is 6.42 Å². The van der Waals surface area contributed by atoms with Gasteiger partial charge >= 0.3 is 18.1 Å². The van der Waals surface area contributed by atoms with E-state index in [0.717, 1.165) is 0 Å². The predicted molar refractivity (Wildman–Crippen MR) is 140 cm³/mol. The first-order chi connectivity index (χ1) is 18.9. The van der Waals surface area contributed by atoms with Crippen LogP contribution in [-0.2, 0) is 4.79 Å². The number of aromatic nitrogens is 4. The molecule has 3 rings (SSSR count). The fourth-order valence-corrected chi connectivity index (χ4v) is 3.15. The largest absolute Gasteiger partial charge is 0.490 e. The summed E-state index contributed by atoms with van der Waals surface area (Å²) in [5.74, 6) is -5.35. The number of rotatable bonds is 3. The molecule has 2 aromatic rings. The number of carboxylic acid groups (broad SMARTS) is 1. The number of carboxylic acids is 1. The van der Waals surface area contributed by atoms with Gasteiger partial charge in [0.2, 0.25) is 0 Å². The van der Waals surface area contributed by atoms with Crippen LogP contribution < -0.4 is 39.7 Å². The predicted octanol–water partition coefficient (Wildman–Crippen LogP) is -1.19. The SMILES string of the molecule is NC(=N[C@@H]1CCN(C(N)=NC(=O)c2nc(Cl)c(N)nc2N)C1)NC(=O)c1nc(Cl)c(N)nc1N.O=C(O)C(F)(F)F. The Balaban J connectivity index is 0.000000745. The zero-order valence-electron chi connectivity index (χ0n) is 20.4. The molecule has 1 atom stereocenters. The molecular formula is C18H21Cl2F3N14O4. The molecule has 2 amide bonds. The molecule has 0 unspecified atom stereocenters. The van der Waals surface area contributed by atoms with Gasteiger partial charge in [-0.3, -0.25) is 14.9 Å². The van der Waals surface area contributed by atoms with Crippen molar-refractivity contribution >= 4 is 76.2 Å². The second-order valence-electron chi connectivity index (χ2n) is 7.70. The van der Waals surface area contributed by atoms with Crippen molar-refractivity contribution in [1.29, 1.82) is 0 Å². The Morgan fingerprint density at radius 1 is 0.927 bits per heavy atom. The summed E-state index contributed by atoms with van der Waals surface area (Å²) in [5.41, 5.74) is 33.5. The molecule has 0 aromatic carbocycles. The minimum atomic E-state index is -5.08. The molecular weight excluding hydrogens is 604 g/mol. The van der Waals surface area contributed by atoms with Crippen molar-refractivity contribution in [3.63, 3.8) is 0 Å². The number of aliphatic carboxylic acids is 1. The van der Waals surface area contributed by atoms with E-state index in [1.807, 2.05) is 0 Å². The number of aliphatic imine (C=N–C) groups is 2. The number of hydrogen-bond acceptors (Lipinski definition) is 12. The lowest BCUT2D eigenvalue weighted by Gasteiger charge is -2.16. The molecule has 3 heterocycles. The first kappa shape index (κ1) is 32.3. The molecule has 2 aromatic heterocycles. The highest BCUT2D eigenvalue weighted by atomic mass is 35.5. The van der Waals surface area contributed by atoms with Crippen molar-refractivity contribution < 1.29 is 32.7 Å². The minimum absolute atomic E-state index is 0.0981. The van der Waals surface area contributed by atoms with E-state index in [1.165, 1.54) is 0 Å². The van der Waals surface area contributed by atoms with Gasteiger partial charge in [0.25, 0.3) is 5.91 Å². The van der Waals surface area contributed by atoms with Crippen LogP contribution >= 0.6 is 23.2 Å². The van der Waals surface area contributed by atoms with E-state index in [-0.39, 0.29) is 69.5 Å². The average Bonchev–Trinajstić information content (AvgIpc) is 3.31. The number of alkyl halides is 3. The van der Waals surface area contributed by atoms with Gasteiger partial charge < -0.3 is 44.4 Å². The molecule has 0 aliphatic carbocycles. The Morgan fingerprint density at radius 3 is 1.93 bits per heavy atom. The van der Waals surface area contributed by atoms with Gasteiger partial charge in [0, 0.05) is 13.1 Å². The van der Waals surface area contributed by atoms with Gasteiger partial charge in [-0.1, -0.05) is 23.2 Å². The van der Waals surface area contributed by atoms with E-state index in [4.69, 9.17) is 67.5 Å². The number of guanidine groups is 2. The van der Waals surface area contributed by atoms with Crippen molar-refractivity contribution in [2.24, 2.45) is 21.5 Å². The van der Waals surface area contributed by atoms with Crippen LogP contribution in [0.1, 0.15) is 27.4 Å². The molecule has 0 radical (unpaired) electrons. The van der Waals surface area contributed by atoms with E-state index >= 15 is 0 Å². The fraction of sp³-hybridized carbons (Fsp3) is 0.278. The number of likely N-dealkylation sites (tertiary alicyclic amines) is 1. The van der Waals surface area contributed by atoms with Crippen molar-refractivity contribution in [2.45, 2.75) is 18.6 Å². The van der Waals surface area contributed by atoms with Crippen molar-refractivity contribution in [3.8, 4) is 0 Å². The van der Waals surface area contributed by atoms with Crippen LogP contribution in [-0.4, -0.2) is 85.0 Å². The highest BCUT2D eigenvalue weighted by Crippen LogP contribution is 2.19. The molecule has 1 aliphatic rings. The van der Waals surface area contributed by atoms with Crippen LogP contribution in [0.2, 0.25) is 10.3 Å². The number of nitrogens with zero attached hydrogens (tertiary/aromatic N) is 7. The number of halogens is 5. The van der Waals surface area contributed by atoms with Crippen LogP contribution in [0.25, 0.3) is 0 Å². The van der Waals surface area contributed by atoms with E-state index in [2.05, 4.69) is 35.2 Å². The van der Waals surface area contributed by atoms with Crippen molar-refractivity contribution in [2.75, 3.05) is 36.0 Å². The number of nitrogens with two attached hydrogens (primary N) is 6. The Hall–Kier alpha value is -4.92. The quantitative estimate of drug-likeness (QED) is 0.147. The molecule has 0 spiro atoms. The Kier molecular flexibility index (Phi) is 10.2. The molecule has 1 aliphatic heterocycles. The summed E-state index contributed by atoms with van der Waals surface area (Å²) in [7, 11) is 0. The maximum atomic E-state index is 12.4. The van der Waals surface area contributed by atoms with Crippen molar-refractivity contribution in [1.82, 2.24) is 30.2 Å². The molecule has 23 heteroatoms. The van der Waals surface area contributed by atoms with E-state index in [0.29, 0.717) is 13.0 Å². The Morgan fingerprint density at radius 2 is 1.41 bits per heavy atom. The van der Waals surface area contributed by atoms with Crippen LogP contribution in [0.3, 0.4) is 0 Å². The van der Waals surface area contributed by atoms with Gasteiger partial charge in [0.05, 0.1) is 6.04 Å². The van der Waals surface area contributed by atoms with Crippen LogP contribution in [0.15, 0.2) is 9.98 Å². The number of carbonyl (C=O) groups excluding carboxylic acids is 2. The standard InChI is InChI=1S/C16H20Cl2N14O2.C2HF3O2/c17-7-11(21)28-9(19)5(26-7)13(33)30-15(23)25-4-1-2-32(3-4)16(24)31-14(34)6-10(20)29-12(22)8(18)27-6;3-2(4,5)1(6)7/h4H,1-3H2,(H4,19,21,28)(H4,20,22,29)(H2,24,31,34)(H3,23,25,30,33);(H,6,7)/t4-;/m1./s1.